The minimum absolute atomic E-state index is 0.0485. The summed E-state index contributed by atoms with van der Waals surface area (Å²) in [4.78, 5) is 14.8. The lowest BCUT2D eigenvalue weighted by Gasteiger charge is -2.03. The average Bonchev–Trinajstić information content (AvgIpc) is 2.79. The van der Waals surface area contributed by atoms with Crippen LogP contribution in [-0.2, 0) is 6.54 Å². The molecule has 2 aromatic heterocycles. The van der Waals surface area contributed by atoms with E-state index < -0.39 is 5.97 Å². The molecule has 0 unspecified atom stereocenters. The summed E-state index contributed by atoms with van der Waals surface area (Å²) in [6.07, 6.45) is 5.48. The van der Waals surface area contributed by atoms with Crippen molar-refractivity contribution in [1.29, 1.82) is 0 Å². The molecule has 0 amide bonds. The highest BCUT2D eigenvalue weighted by molar-refractivity contribution is 6.33. The normalized spacial score (nSPS) is 10.4. The van der Waals surface area contributed by atoms with Gasteiger partial charge in [-0.15, -0.1) is 0 Å². The van der Waals surface area contributed by atoms with Gasteiger partial charge in [-0.1, -0.05) is 18.5 Å². The lowest BCUT2D eigenvalue weighted by molar-refractivity contribution is 0.0696. The molecule has 7 heteroatoms. The summed E-state index contributed by atoms with van der Waals surface area (Å²) in [5, 5.41) is 13.1. The maximum absolute atomic E-state index is 10.9. The molecule has 0 spiro atoms. The van der Waals surface area contributed by atoms with Crippen LogP contribution < -0.4 is 4.74 Å². The van der Waals surface area contributed by atoms with E-state index in [0.29, 0.717) is 5.75 Å². The van der Waals surface area contributed by atoms with Crippen molar-refractivity contribution >= 4 is 17.6 Å². The number of hydrogen-bond acceptors (Lipinski definition) is 4. The Morgan fingerprint density at radius 2 is 2.32 bits per heavy atom. The van der Waals surface area contributed by atoms with E-state index in [9.17, 15) is 4.79 Å². The van der Waals surface area contributed by atoms with E-state index in [2.05, 4.69) is 10.1 Å². The predicted octanol–water partition coefficient (Wildman–Crippen LogP) is 2.83. The maximum Gasteiger partial charge on any atom is 0.337 e. The predicted molar refractivity (Wildman–Crippen MR) is 68.8 cm³/mol. The van der Waals surface area contributed by atoms with Crippen molar-refractivity contribution in [3.8, 4) is 11.6 Å². The van der Waals surface area contributed by atoms with E-state index in [1.54, 1.807) is 17.1 Å². The molecule has 0 bridgehead atoms. The van der Waals surface area contributed by atoms with Crippen molar-refractivity contribution in [3.05, 3.63) is 35.2 Å². The molecule has 6 nitrogen and oxygen atoms in total. The molecular formula is C12H12ClN3O3. The molecule has 0 saturated carbocycles. The number of carbonyl (C=O) groups is 1. The van der Waals surface area contributed by atoms with Gasteiger partial charge in [0.1, 0.15) is 0 Å². The van der Waals surface area contributed by atoms with Gasteiger partial charge in [-0.05, 0) is 6.42 Å². The first kappa shape index (κ1) is 13.4. The number of rotatable bonds is 5. The first-order valence-electron chi connectivity index (χ1n) is 5.69. The molecule has 2 heterocycles. The number of halogens is 1. The summed E-state index contributed by atoms with van der Waals surface area (Å²) in [5.41, 5.74) is -0.0485. The van der Waals surface area contributed by atoms with Crippen LogP contribution in [0.1, 0.15) is 23.7 Å². The van der Waals surface area contributed by atoms with Crippen LogP contribution >= 0.6 is 11.6 Å². The Morgan fingerprint density at radius 3 is 3.00 bits per heavy atom. The van der Waals surface area contributed by atoms with Gasteiger partial charge in [0.2, 0.25) is 5.88 Å². The molecule has 0 aliphatic rings. The number of nitrogens with zero attached hydrogens (tertiary/aromatic N) is 3. The van der Waals surface area contributed by atoms with Crippen LogP contribution in [0.3, 0.4) is 0 Å². The molecule has 1 N–H and O–H groups in total. The number of carboxylic acids is 1. The highest BCUT2D eigenvalue weighted by Gasteiger charge is 2.12. The summed E-state index contributed by atoms with van der Waals surface area (Å²) in [6, 6.07) is 1.28. The first-order valence-corrected chi connectivity index (χ1v) is 6.07. The quantitative estimate of drug-likeness (QED) is 0.912. The molecule has 0 aliphatic heterocycles. The smallest absolute Gasteiger partial charge is 0.337 e. The Hall–Kier alpha value is -2.08. The molecule has 0 fully saturated rings. The molecule has 0 radical (unpaired) electrons. The van der Waals surface area contributed by atoms with E-state index in [1.165, 1.54) is 12.3 Å². The van der Waals surface area contributed by atoms with Crippen molar-refractivity contribution in [2.45, 2.75) is 19.9 Å². The summed E-state index contributed by atoms with van der Waals surface area (Å²) in [7, 11) is 0. The second-order valence-corrected chi connectivity index (χ2v) is 4.26. The lowest BCUT2D eigenvalue weighted by Crippen LogP contribution is -1.99. The van der Waals surface area contributed by atoms with Crippen molar-refractivity contribution in [1.82, 2.24) is 14.8 Å². The molecule has 2 rings (SSSR count). The molecule has 0 atom stereocenters. The third kappa shape index (κ3) is 3.23. The molecule has 100 valence electrons. The molecule has 19 heavy (non-hydrogen) atoms. The monoisotopic (exact) mass is 281 g/mol. The van der Waals surface area contributed by atoms with E-state index in [-0.39, 0.29) is 16.5 Å². The van der Waals surface area contributed by atoms with E-state index in [1.807, 2.05) is 6.92 Å². The topological polar surface area (TPSA) is 77.2 Å². The number of aromatic carboxylic acids is 1. The number of aromatic nitrogens is 3. The minimum Gasteiger partial charge on any atom is -0.478 e. The van der Waals surface area contributed by atoms with Crippen LogP contribution in [0, 0.1) is 0 Å². The number of pyridine rings is 1. The summed E-state index contributed by atoms with van der Waals surface area (Å²) in [5.74, 6) is -0.462. The van der Waals surface area contributed by atoms with Crippen LogP contribution in [0.4, 0.5) is 0 Å². The second kappa shape index (κ2) is 5.71. The lowest BCUT2D eigenvalue weighted by atomic mass is 10.3. The molecule has 2 aromatic rings. The zero-order valence-electron chi connectivity index (χ0n) is 10.2. The second-order valence-electron chi connectivity index (χ2n) is 3.85. The fraction of sp³-hybridized carbons (Fsp3) is 0.250. The van der Waals surface area contributed by atoms with Crippen molar-refractivity contribution < 1.29 is 14.6 Å². The SMILES string of the molecule is CCCn1cc(Oc2cc(C(=O)O)c(Cl)cn2)cn1. The van der Waals surface area contributed by atoms with Gasteiger partial charge in [-0.3, -0.25) is 4.68 Å². The Bertz CT molecular complexity index is 598. The number of carboxylic acid groups (broad SMARTS) is 1. The van der Waals surface area contributed by atoms with Gasteiger partial charge in [-0.25, -0.2) is 9.78 Å². The van der Waals surface area contributed by atoms with Crippen LogP contribution in [0.2, 0.25) is 5.02 Å². The third-order valence-corrected chi connectivity index (χ3v) is 2.65. The van der Waals surface area contributed by atoms with Gasteiger partial charge in [0.25, 0.3) is 0 Å². The van der Waals surface area contributed by atoms with Crippen molar-refractivity contribution in [3.63, 3.8) is 0 Å². The van der Waals surface area contributed by atoms with E-state index in [0.717, 1.165) is 13.0 Å². The van der Waals surface area contributed by atoms with Crippen molar-refractivity contribution in [2.75, 3.05) is 0 Å². The number of ether oxygens (including phenoxy) is 1. The Kier molecular flexibility index (Phi) is 4.01. The minimum atomic E-state index is -1.13. The van der Waals surface area contributed by atoms with Crippen LogP contribution in [-0.4, -0.2) is 25.8 Å². The average molecular weight is 282 g/mol. The molecule has 0 aliphatic carbocycles. The van der Waals surface area contributed by atoms with Gasteiger partial charge < -0.3 is 9.84 Å². The molecule has 0 aromatic carbocycles. The third-order valence-electron chi connectivity index (χ3n) is 2.35. The zero-order chi connectivity index (χ0) is 13.8. The van der Waals surface area contributed by atoms with E-state index in [4.69, 9.17) is 21.4 Å². The number of aryl methyl sites for hydroxylation is 1. The number of hydrogen-bond donors (Lipinski definition) is 1. The van der Waals surface area contributed by atoms with Gasteiger partial charge in [0.15, 0.2) is 5.75 Å². The molecular weight excluding hydrogens is 270 g/mol. The maximum atomic E-state index is 10.9. The Morgan fingerprint density at radius 1 is 1.53 bits per heavy atom. The van der Waals surface area contributed by atoms with Gasteiger partial charge in [0.05, 0.1) is 29.2 Å². The first-order chi connectivity index (χ1) is 9.10. The standard InChI is InChI=1S/C12H12ClN3O3/c1-2-3-16-7-8(5-15-16)19-11-4-9(12(17)18)10(13)6-14-11/h4-7H,2-3H2,1H3,(H,17,18). The summed E-state index contributed by atoms with van der Waals surface area (Å²) < 4.78 is 7.17. The van der Waals surface area contributed by atoms with Crippen LogP contribution in [0.5, 0.6) is 11.6 Å². The summed E-state index contributed by atoms with van der Waals surface area (Å²) >= 11 is 5.72. The van der Waals surface area contributed by atoms with Crippen LogP contribution in [0.25, 0.3) is 0 Å². The van der Waals surface area contributed by atoms with Crippen molar-refractivity contribution in [2.24, 2.45) is 0 Å². The van der Waals surface area contributed by atoms with Gasteiger partial charge in [0, 0.05) is 12.6 Å². The Labute approximate surface area is 114 Å². The highest BCUT2D eigenvalue weighted by Crippen LogP contribution is 2.23. The zero-order valence-corrected chi connectivity index (χ0v) is 11.0. The Balaban J connectivity index is 2.18. The largest absolute Gasteiger partial charge is 0.478 e. The summed E-state index contributed by atoms with van der Waals surface area (Å²) in [6.45, 7) is 2.83. The van der Waals surface area contributed by atoms with Crippen LogP contribution in [0.15, 0.2) is 24.7 Å². The fourth-order valence-electron chi connectivity index (χ4n) is 1.51. The highest BCUT2D eigenvalue weighted by atomic mass is 35.5. The van der Waals surface area contributed by atoms with Gasteiger partial charge >= 0.3 is 5.97 Å². The molecule has 0 saturated heterocycles. The van der Waals surface area contributed by atoms with Gasteiger partial charge in [-0.2, -0.15) is 5.10 Å². The fourth-order valence-corrected chi connectivity index (χ4v) is 1.69. The van der Waals surface area contributed by atoms with E-state index >= 15 is 0 Å².